The van der Waals surface area contributed by atoms with Crippen LogP contribution in [0.4, 0.5) is 0 Å². The molecule has 1 N–H and O–H groups in total. The molecule has 0 bridgehead atoms. The Hall–Kier alpha value is -1.45. The molecule has 0 aliphatic carbocycles. The molecule has 1 aromatic carbocycles. The first kappa shape index (κ1) is 10.7. The molecule has 1 saturated heterocycles. The Morgan fingerprint density at radius 1 is 1.29 bits per heavy atom. The van der Waals surface area contributed by atoms with E-state index in [-0.39, 0.29) is 0 Å². The number of likely N-dealkylation sites (N-methyl/N-ethyl adjacent to an activating group) is 1. The highest BCUT2D eigenvalue weighted by Crippen LogP contribution is 2.34. The van der Waals surface area contributed by atoms with E-state index in [4.69, 9.17) is 0 Å². The summed E-state index contributed by atoms with van der Waals surface area (Å²) < 4.78 is 0. The summed E-state index contributed by atoms with van der Waals surface area (Å²) in [5, 5.41) is 13.0. The third kappa shape index (κ3) is 1.72. The van der Waals surface area contributed by atoms with Gasteiger partial charge in [-0.25, -0.2) is 0 Å². The summed E-state index contributed by atoms with van der Waals surface area (Å²) in [4.78, 5) is 6.40. The average molecular weight is 228 g/mol. The molecule has 1 atom stereocenters. The molecule has 3 heteroatoms. The summed E-state index contributed by atoms with van der Waals surface area (Å²) >= 11 is 0. The molecule has 2 aromatic rings. The number of aromatic nitrogens is 1. The number of benzene rings is 1. The highest BCUT2D eigenvalue weighted by atomic mass is 16.3. The molecule has 2 heterocycles. The molecule has 0 saturated carbocycles. The van der Waals surface area contributed by atoms with Crippen molar-refractivity contribution in [1.29, 1.82) is 0 Å². The van der Waals surface area contributed by atoms with E-state index >= 15 is 0 Å². The summed E-state index contributed by atoms with van der Waals surface area (Å²) in [6.07, 6.45) is 4.43. The van der Waals surface area contributed by atoms with Crippen LogP contribution in [0, 0.1) is 0 Å². The van der Waals surface area contributed by atoms with Crippen LogP contribution < -0.4 is 0 Å². The van der Waals surface area contributed by atoms with Gasteiger partial charge in [0.2, 0.25) is 0 Å². The SMILES string of the molecule is CN1CCC(O)(c2cncc3ccccc23)C1. The number of fused-ring (bicyclic) bond motifs is 1. The van der Waals surface area contributed by atoms with Crippen molar-refractivity contribution in [3.63, 3.8) is 0 Å². The van der Waals surface area contributed by atoms with Gasteiger partial charge >= 0.3 is 0 Å². The standard InChI is InChI=1S/C14H16N2O/c1-16-7-6-14(17,10-16)13-9-15-8-11-4-2-3-5-12(11)13/h2-5,8-9,17H,6-7,10H2,1H3. The zero-order chi connectivity index (χ0) is 11.9. The van der Waals surface area contributed by atoms with Gasteiger partial charge in [-0.05, 0) is 18.9 Å². The first-order valence-corrected chi connectivity index (χ1v) is 5.93. The molecule has 0 amide bonds. The molecular weight excluding hydrogens is 212 g/mol. The van der Waals surface area contributed by atoms with E-state index in [0.717, 1.165) is 29.3 Å². The number of β-amino-alcohol motifs (C(OH)–C–C–N with tert-alkyl or cyclic N) is 1. The van der Waals surface area contributed by atoms with Gasteiger partial charge in [0, 0.05) is 36.4 Å². The predicted molar refractivity (Wildman–Crippen MR) is 67.8 cm³/mol. The second-order valence-corrected chi connectivity index (χ2v) is 4.93. The van der Waals surface area contributed by atoms with Gasteiger partial charge < -0.3 is 10.0 Å². The fourth-order valence-electron chi connectivity index (χ4n) is 2.69. The summed E-state index contributed by atoms with van der Waals surface area (Å²) in [6.45, 7) is 1.61. The lowest BCUT2D eigenvalue weighted by Gasteiger charge is -2.24. The Morgan fingerprint density at radius 3 is 2.88 bits per heavy atom. The lowest BCUT2D eigenvalue weighted by atomic mass is 9.90. The molecule has 1 fully saturated rings. The van der Waals surface area contributed by atoms with Crippen LogP contribution in [0.3, 0.4) is 0 Å². The molecule has 17 heavy (non-hydrogen) atoms. The summed E-state index contributed by atoms with van der Waals surface area (Å²) in [7, 11) is 2.04. The minimum atomic E-state index is -0.747. The van der Waals surface area contributed by atoms with Gasteiger partial charge in [-0.15, -0.1) is 0 Å². The van der Waals surface area contributed by atoms with Crippen LogP contribution in [0.1, 0.15) is 12.0 Å². The van der Waals surface area contributed by atoms with Gasteiger partial charge in [0.1, 0.15) is 5.60 Å². The van der Waals surface area contributed by atoms with Gasteiger partial charge in [0.05, 0.1) is 0 Å². The van der Waals surface area contributed by atoms with Gasteiger partial charge in [-0.3, -0.25) is 4.98 Å². The van der Waals surface area contributed by atoms with Gasteiger partial charge in [-0.1, -0.05) is 24.3 Å². The number of aliphatic hydroxyl groups is 1. The Morgan fingerprint density at radius 2 is 2.12 bits per heavy atom. The zero-order valence-electron chi connectivity index (χ0n) is 9.93. The minimum absolute atomic E-state index is 0.683. The van der Waals surface area contributed by atoms with Crippen molar-refractivity contribution in [3.05, 3.63) is 42.2 Å². The van der Waals surface area contributed by atoms with Crippen molar-refractivity contribution in [3.8, 4) is 0 Å². The molecule has 3 rings (SSSR count). The molecule has 0 spiro atoms. The zero-order valence-corrected chi connectivity index (χ0v) is 9.93. The smallest absolute Gasteiger partial charge is 0.106 e. The van der Waals surface area contributed by atoms with Crippen molar-refractivity contribution in [2.45, 2.75) is 12.0 Å². The van der Waals surface area contributed by atoms with Crippen LogP contribution in [0.2, 0.25) is 0 Å². The van der Waals surface area contributed by atoms with E-state index < -0.39 is 5.60 Å². The summed E-state index contributed by atoms with van der Waals surface area (Å²) in [5.41, 5.74) is 0.211. The normalized spacial score (nSPS) is 25.5. The lowest BCUT2D eigenvalue weighted by Crippen LogP contribution is -2.29. The van der Waals surface area contributed by atoms with Crippen molar-refractivity contribution >= 4 is 10.8 Å². The monoisotopic (exact) mass is 228 g/mol. The second-order valence-electron chi connectivity index (χ2n) is 4.93. The minimum Gasteiger partial charge on any atom is -0.384 e. The van der Waals surface area contributed by atoms with Crippen LogP contribution in [0.15, 0.2) is 36.7 Å². The van der Waals surface area contributed by atoms with Crippen molar-refractivity contribution in [2.24, 2.45) is 0 Å². The van der Waals surface area contributed by atoms with E-state index in [0.29, 0.717) is 6.54 Å². The Kier molecular flexibility index (Phi) is 2.38. The Balaban J connectivity index is 2.17. The molecule has 1 aliphatic heterocycles. The van der Waals surface area contributed by atoms with Crippen molar-refractivity contribution in [1.82, 2.24) is 9.88 Å². The van der Waals surface area contributed by atoms with Gasteiger partial charge in [0.15, 0.2) is 0 Å². The van der Waals surface area contributed by atoms with E-state index in [1.165, 1.54) is 0 Å². The van der Waals surface area contributed by atoms with Crippen LogP contribution in [0.5, 0.6) is 0 Å². The Bertz CT molecular complexity index is 549. The summed E-state index contributed by atoms with van der Waals surface area (Å²) in [6, 6.07) is 8.10. The first-order valence-electron chi connectivity index (χ1n) is 5.93. The number of rotatable bonds is 1. The Labute approximate surface area is 101 Å². The molecule has 1 aliphatic rings. The maximum atomic E-state index is 10.7. The molecule has 1 unspecified atom stereocenters. The quantitative estimate of drug-likeness (QED) is 0.808. The van der Waals surface area contributed by atoms with Gasteiger partial charge in [-0.2, -0.15) is 0 Å². The van der Waals surface area contributed by atoms with Crippen LogP contribution in [-0.4, -0.2) is 35.1 Å². The molecule has 88 valence electrons. The third-order valence-electron chi connectivity index (χ3n) is 3.61. The topological polar surface area (TPSA) is 36.4 Å². The molecule has 0 radical (unpaired) electrons. The average Bonchev–Trinajstić information content (AvgIpc) is 2.70. The second kappa shape index (κ2) is 3.79. The summed E-state index contributed by atoms with van der Waals surface area (Å²) in [5.74, 6) is 0. The maximum Gasteiger partial charge on any atom is 0.106 e. The first-order chi connectivity index (χ1) is 8.19. The largest absolute Gasteiger partial charge is 0.384 e. The van der Waals surface area contributed by atoms with E-state index in [9.17, 15) is 5.11 Å². The molecular formula is C14H16N2O. The van der Waals surface area contributed by atoms with E-state index in [2.05, 4.69) is 16.0 Å². The van der Waals surface area contributed by atoms with Crippen LogP contribution in [0.25, 0.3) is 10.8 Å². The predicted octanol–water partition coefficient (Wildman–Crippen LogP) is 1.76. The molecule has 1 aromatic heterocycles. The fourth-order valence-corrected chi connectivity index (χ4v) is 2.69. The molecule has 3 nitrogen and oxygen atoms in total. The fraction of sp³-hybridized carbons (Fsp3) is 0.357. The van der Waals surface area contributed by atoms with Crippen molar-refractivity contribution in [2.75, 3.05) is 20.1 Å². The maximum absolute atomic E-state index is 10.7. The van der Waals surface area contributed by atoms with E-state index in [1.54, 1.807) is 0 Å². The lowest BCUT2D eigenvalue weighted by molar-refractivity contribution is 0.0501. The number of nitrogens with zero attached hydrogens (tertiary/aromatic N) is 2. The third-order valence-corrected chi connectivity index (χ3v) is 3.61. The van der Waals surface area contributed by atoms with E-state index in [1.807, 2.05) is 37.6 Å². The number of hydrogen-bond acceptors (Lipinski definition) is 3. The number of hydrogen-bond donors (Lipinski definition) is 1. The van der Waals surface area contributed by atoms with Gasteiger partial charge in [0.25, 0.3) is 0 Å². The van der Waals surface area contributed by atoms with Crippen LogP contribution >= 0.6 is 0 Å². The number of likely N-dealkylation sites (tertiary alicyclic amines) is 1. The highest BCUT2D eigenvalue weighted by Gasteiger charge is 2.37. The van der Waals surface area contributed by atoms with Crippen LogP contribution in [-0.2, 0) is 5.60 Å². The number of pyridine rings is 1. The highest BCUT2D eigenvalue weighted by molar-refractivity contribution is 5.85. The van der Waals surface area contributed by atoms with Crippen molar-refractivity contribution < 1.29 is 5.11 Å².